The van der Waals surface area contributed by atoms with Gasteiger partial charge in [0.1, 0.15) is 11.1 Å². The molecule has 1 unspecified atom stereocenters. The quantitative estimate of drug-likeness (QED) is 0.819. The van der Waals surface area contributed by atoms with Crippen molar-refractivity contribution < 1.29 is 14.3 Å². The van der Waals surface area contributed by atoms with Gasteiger partial charge in [0.05, 0.1) is 0 Å². The molecule has 4 heteroatoms. The molecular formula is C12H13FO2S. The molecule has 1 aliphatic heterocycles. The molecule has 0 aliphatic carbocycles. The summed E-state index contributed by atoms with van der Waals surface area (Å²) in [6.07, 6.45) is 0.531. The third-order valence-electron chi connectivity index (χ3n) is 2.91. The first-order chi connectivity index (χ1) is 7.40. The number of carboxylic acids is 1. The predicted molar refractivity (Wildman–Crippen MR) is 61.3 cm³/mol. The number of thioether (sulfide) groups is 1. The van der Waals surface area contributed by atoms with E-state index in [1.54, 1.807) is 6.07 Å². The number of rotatable bonds is 1. The van der Waals surface area contributed by atoms with Crippen LogP contribution in [-0.2, 0) is 10.2 Å². The molecule has 1 aliphatic rings. The molecule has 2 nitrogen and oxygen atoms in total. The topological polar surface area (TPSA) is 37.3 Å². The molecule has 0 bridgehead atoms. The van der Waals surface area contributed by atoms with Crippen LogP contribution in [-0.4, -0.2) is 16.3 Å². The maximum absolute atomic E-state index is 13.2. The lowest BCUT2D eigenvalue weighted by atomic mass is 9.80. The highest BCUT2D eigenvalue weighted by Gasteiger charge is 2.36. The molecule has 16 heavy (non-hydrogen) atoms. The van der Waals surface area contributed by atoms with Crippen LogP contribution in [0.5, 0.6) is 0 Å². The fraction of sp³-hybridized carbons (Fsp3) is 0.417. The van der Waals surface area contributed by atoms with Crippen LogP contribution >= 0.6 is 11.8 Å². The molecule has 0 fully saturated rings. The van der Waals surface area contributed by atoms with Gasteiger partial charge in [-0.2, -0.15) is 0 Å². The average molecular weight is 240 g/mol. The van der Waals surface area contributed by atoms with Gasteiger partial charge in [-0.05, 0) is 35.6 Å². The first-order valence-corrected chi connectivity index (χ1v) is 5.97. The minimum absolute atomic E-state index is 0.263. The van der Waals surface area contributed by atoms with E-state index in [-0.39, 0.29) is 11.2 Å². The Bertz CT molecular complexity index is 443. The fourth-order valence-electron chi connectivity index (χ4n) is 2.04. The Hall–Kier alpha value is -1.03. The van der Waals surface area contributed by atoms with Crippen LogP contribution in [0, 0.1) is 5.82 Å². The van der Waals surface area contributed by atoms with Crippen molar-refractivity contribution in [2.45, 2.75) is 35.8 Å². The van der Waals surface area contributed by atoms with E-state index in [0.717, 1.165) is 10.5 Å². The van der Waals surface area contributed by atoms with Crippen molar-refractivity contribution in [3.05, 3.63) is 29.6 Å². The zero-order chi connectivity index (χ0) is 11.9. The van der Waals surface area contributed by atoms with Gasteiger partial charge >= 0.3 is 5.97 Å². The second-order valence-corrected chi connectivity index (χ2v) is 5.92. The van der Waals surface area contributed by atoms with Crippen LogP contribution in [0.15, 0.2) is 23.1 Å². The van der Waals surface area contributed by atoms with Gasteiger partial charge in [0.25, 0.3) is 0 Å². The molecule has 0 radical (unpaired) electrons. The van der Waals surface area contributed by atoms with Crippen molar-refractivity contribution in [1.82, 2.24) is 0 Å². The van der Waals surface area contributed by atoms with Crippen LogP contribution in [0.3, 0.4) is 0 Å². The SMILES string of the molecule is CC1(C)CC(C(=O)O)Sc2ccc(F)cc21. The van der Waals surface area contributed by atoms with Crippen LogP contribution < -0.4 is 0 Å². The first-order valence-electron chi connectivity index (χ1n) is 5.10. The van der Waals surface area contributed by atoms with Gasteiger partial charge in [0.2, 0.25) is 0 Å². The summed E-state index contributed by atoms with van der Waals surface area (Å²) in [5.41, 5.74) is 0.626. The monoisotopic (exact) mass is 240 g/mol. The van der Waals surface area contributed by atoms with Crippen LogP contribution in [0.25, 0.3) is 0 Å². The number of carboxylic acid groups (broad SMARTS) is 1. The molecule has 1 aromatic carbocycles. The van der Waals surface area contributed by atoms with Crippen LogP contribution in [0.2, 0.25) is 0 Å². The Morgan fingerprint density at radius 1 is 1.56 bits per heavy atom. The predicted octanol–water partition coefficient (Wildman–Crippen LogP) is 3.05. The Kier molecular flexibility index (Phi) is 2.70. The van der Waals surface area contributed by atoms with Gasteiger partial charge in [-0.3, -0.25) is 4.79 Å². The number of fused-ring (bicyclic) bond motifs is 1. The normalized spacial score (nSPS) is 22.6. The van der Waals surface area contributed by atoms with Crippen LogP contribution in [0.1, 0.15) is 25.8 Å². The molecule has 0 spiro atoms. The molecule has 1 heterocycles. The molecule has 86 valence electrons. The fourth-order valence-corrected chi connectivity index (χ4v) is 3.56. The zero-order valence-electron chi connectivity index (χ0n) is 9.16. The van der Waals surface area contributed by atoms with Gasteiger partial charge in [-0.15, -0.1) is 11.8 Å². The maximum atomic E-state index is 13.2. The highest BCUT2D eigenvalue weighted by atomic mass is 32.2. The Morgan fingerprint density at radius 2 is 2.25 bits per heavy atom. The smallest absolute Gasteiger partial charge is 0.317 e. The van der Waals surface area contributed by atoms with Crippen LogP contribution in [0.4, 0.5) is 4.39 Å². The second kappa shape index (κ2) is 3.77. The molecule has 1 aromatic rings. The van der Waals surface area contributed by atoms with Gasteiger partial charge < -0.3 is 5.11 Å². The lowest BCUT2D eigenvalue weighted by molar-refractivity contribution is -0.136. The van der Waals surface area contributed by atoms with Gasteiger partial charge in [-0.25, -0.2) is 4.39 Å². The standard InChI is InChI=1S/C12H13FO2S/c1-12(2)6-10(11(14)15)16-9-4-3-7(13)5-8(9)12/h3-5,10H,6H2,1-2H3,(H,14,15). The Labute approximate surface area is 97.9 Å². The summed E-state index contributed by atoms with van der Waals surface area (Å²) >= 11 is 1.31. The zero-order valence-corrected chi connectivity index (χ0v) is 9.97. The molecule has 0 amide bonds. The summed E-state index contributed by atoms with van der Waals surface area (Å²) in [5.74, 6) is -1.06. The van der Waals surface area contributed by atoms with E-state index < -0.39 is 11.2 Å². The van der Waals surface area contributed by atoms with Crippen molar-refractivity contribution in [3.63, 3.8) is 0 Å². The van der Waals surface area contributed by atoms with Crippen molar-refractivity contribution in [2.24, 2.45) is 0 Å². The van der Waals surface area contributed by atoms with Crippen molar-refractivity contribution in [3.8, 4) is 0 Å². The van der Waals surface area contributed by atoms with E-state index in [1.165, 1.54) is 23.9 Å². The highest BCUT2D eigenvalue weighted by molar-refractivity contribution is 8.00. The molecule has 1 atom stereocenters. The molecular weight excluding hydrogens is 227 g/mol. The van der Waals surface area contributed by atoms with Gasteiger partial charge in [0.15, 0.2) is 0 Å². The molecule has 1 N–H and O–H groups in total. The summed E-state index contributed by atoms with van der Waals surface area (Å²) < 4.78 is 13.2. The summed E-state index contributed by atoms with van der Waals surface area (Å²) in [4.78, 5) is 11.9. The molecule has 2 rings (SSSR count). The van der Waals surface area contributed by atoms with E-state index in [4.69, 9.17) is 5.11 Å². The summed E-state index contributed by atoms with van der Waals surface area (Å²) in [7, 11) is 0. The first kappa shape index (κ1) is 11.5. The van der Waals surface area contributed by atoms with E-state index >= 15 is 0 Å². The van der Waals surface area contributed by atoms with Gasteiger partial charge in [0, 0.05) is 4.90 Å². The molecule has 0 saturated heterocycles. The summed E-state index contributed by atoms with van der Waals surface area (Å²) in [6, 6.07) is 4.57. The van der Waals surface area contributed by atoms with E-state index in [9.17, 15) is 9.18 Å². The lowest BCUT2D eigenvalue weighted by Gasteiger charge is -2.35. The lowest BCUT2D eigenvalue weighted by Crippen LogP contribution is -2.32. The number of hydrogen-bond acceptors (Lipinski definition) is 2. The summed E-state index contributed by atoms with van der Waals surface area (Å²) in [6.45, 7) is 3.92. The number of halogens is 1. The van der Waals surface area contributed by atoms with E-state index in [2.05, 4.69) is 0 Å². The van der Waals surface area contributed by atoms with E-state index in [1.807, 2.05) is 13.8 Å². The van der Waals surface area contributed by atoms with Gasteiger partial charge in [-0.1, -0.05) is 13.8 Å². The third-order valence-corrected chi connectivity index (χ3v) is 4.17. The Balaban J connectivity index is 2.47. The summed E-state index contributed by atoms with van der Waals surface area (Å²) in [5, 5.41) is 8.62. The van der Waals surface area contributed by atoms with Crippen molar-refractivity contribution in [2.75, 3.05) is 0 Å². The highest BCUT2D eigenvalue weighted by Crippen LogP contribution is 2.45. The molecule has 0 aromatic heterocycles. The average Bonchev–Trinajstić information content (AvgIpc) is 2.18. The van der Waals surface area contributed by atoms with E-state index in [0.29, 0.717) is 6.42 Å². The molecule has 0 saturated carbocycles. The third kappa shape index (κ3) is 1.94. The Morgan fingerprint density at radius 3 is 2.88 bits per heavy atom. The number of hydrogen-bond donors (Lipinski definition) is 1. The minimum atomic E-state index is -0.798. The second-order valence-electron chi connectivity index (χ2n) is 4.67. The maximum Gasteiger partial charge on any atom is 0.317 e. The number of benzene rings is 1. The minimum Gasteiger partial charge on any atom is -0.480 e. The van der Waals surface area contributed by atoms with Crippen molar-refractivity contribution >= 4 is 17.7 Å². The largest absolute Gasteiger partial charge is 0.480 e. The van der Waals surface area contributed by atoms with Crippen molar-refractivity contribution in [1.29, 1.82) is 0 Å². The number of carbonyl (C=O) groups is 1. The number of aliphatic carboxylic acids is 1.